The third kappa shape index (κ3) is 53.9. The maximum atomic E-state index is 12.8. The van der Waals surface area contributed by atoms with Gasteiger partial charge in [-0.25, -0.2) is 0 Å². The highest BCUT2D eigenvalue weighted by Crippen LogP contribution is 2.16. The third-order valence-electron chi connectivity index (χ3n) is 12.5. The van der Waals surface area contributed by atoms with E-state index in [0.29, 0.717) is 19.3 Å². The van der Waals surface area contributed by atoms with Crippen LogP contribution in [-0.4, -0.2) is 37.2 Å². The topological polar surface area (TPSA) is 78.9 Å². The SMILES string of the molecule is CC/C=C\C/C=C\C/C=C\C/C=C\CCCCCCC(=O)O[C@H](COC(=O)CCCCCCC/C=C\CCCCCC)COC(=O)CCCCCCCCCCCCCCCCCCCCC. The Morgan fingerprint density at radius 3 is 0.940 bits per heavy atom. The first-order chi connectivity index (χ1) is 33.0. The largest absolute Gasteiger partial charge is 0.462 e. The van der Waals surface area contributed by atoms with Crippen molar-refractivity contribution >= 4 is 17.9 Å². The van der Waals surface area contributed by atoms with E-state index in [4.69, 9.17) is 14.2 Å². The molecule has 1 atom stereocenters. The molecule has 0 amide bonds. The summed E-state index contributed by atoms with van der Waals surface area (Å²) in [7, 11) is 0. The van der Waals surface area contributed by atoms with Crippen LogP contribution in [0.2, 0.25) is 0 Å². The minimum Gasteiger partial charge on any atom is -0.462 e. The van der Waals surface area contributed by atoms with Gasteiger partial charge in [-0.15, -0.1) is 0 Å². The number of carbonyl (C=O) groups is 3. The highest BCUT2D eigenvalue weighted by Gasteiger charge is 2.19. The van der Waals surface area contributed by atoms with Crippen LogP contribution in [0.5, 0.6) is 0 Å². The summed E-state index contributed by atoms with van der Waals surface area (Å²) in [5.41, 5.74) is 0. The number of hydrogen-bond donors (Lipinski definition) is 0. The van der Waals surface area contributed by atoms with E-state index in [1.54, 1.807) is 0 Å². The fourth-order valence-electron chi connectivity index (χ4n) is 8.19. The van der Waals surface area contributed by atoms with Crippen LogP contribution in [-0.2, 0) is 28.6 Å². The lowest BCUT2D eigenvalue weighted by molar-refractivity contribution is -0.167. The molecule has 0 N–H and O–H groups in total. The third-order valence-corrected chi connectivity index (χ3v) is 12.5. The minimum atomic E-state index is -0.789. The molecule has 0 heterocycles. The van der Waals surface area contributed by atoms with Crippen LogP contribution >= 0.6 is 0 Å². The van der Waals surface area contributed by atoms with Crippen LogP contribution in [0.4, 0.5) is 0 Å². The van der Waals surface area contributed by atoms with E-state index >= 15 is 0 Å². The zero-order valence-electron chi connectivity index (χ0n) is 44.4. The maximum Gasteiger partial charge on any atom is 0.306 e. The maximum absolute atomic E-state index is 12.8. The molecule has 0 aromatic rings. The lowest BCUT2D eigenvalue weighted by Crippen LogP contribution is -2.30. The average Bonchev–Trinajstić information content (AvgIpc) is 3.33. The van der Waals surface area contributed by atoms with E-state index < -0.39 is 6.10 Å². The van der Waals surface area contributed by atoms with E-state index in [0.717, 1.165) is 103 Å². The Balaban J connectivity index is 4.38. The molecule has 0 saturated carbocycles. The first kappa shape index (κ1) is 64.1. The molecule has 0 unspecified atom stereocenters. The highest BCUT2D eigenvalue weighted by atomic mass is 16.6. The van der Waals surface area contributed by atoms with Gasteiger partial charge >= 0.3 is 17.9 Å². The normalized spacial score (nSPS) is 12.5. The van der Waals surface area contributed by atoms with Gasteiger partial charge in [0.05, 0.1) is 0 Å². The average molecular weight is 938 g/mol. The number of unbranched alkanes of at least 4 members (excludes halogenated alkanes) is 31. The minimum absolute atomic E-state index is 0.0843. The summed E-state index contributed by atoms with van der Waals surface area (Å²) in [6.45, 7) is 6.51. The number of hydrogen-bond acceptors (Lipinski definition) is 6. The van der Waals surface area contributed by atoms with Gasteiger partial charge in [-0.1, -0.05) is 248 Å². The van der Waals surface area contributed by atoms with Crippen LogP contribution in [0.3, 0.4) is 0 Å². The molecule has 0 aromatic carbocycles. The molecule has 0 aromatic heterocycles. The molecule has 0 fully saturated rings. The first-order valence-electron chi connectivity index (χ1n) is 28.8. The number of rotatable bonds is 52. The molecule has 0 spiro atoms. The zero-order valence-corrected chi connectivity index (χ0v) is 44.4. The number of carbonyl (C=O) groups excluding carboxylic acids is 3. The fourth-order valence-corrected chi connectivity index (χ4v) is 8.19. The second kappa shape index (κ2) is 55.7. The van der Waals surface area contributed by atoms with Gasteiger partial charge in [-0.3, -0.25) is 14.4 Å². The lowest BCUT2D eigenvalue weighted by Gasteiger charge is -2.18. The van der Waals surface area contributed by atoms with Crippen molar-refractivity contribution in [3.8, 4) is 0 Å². The van der Waals surface area contributed by atoms with Gasteiger partial charge in [-0.05, 0) is 83.5 Å². The summed E-state index contributed by atoms with van der Waals surface area (Å²) in [6, 6.07) is 0. The quantitative estimate of drug-likeness (QED) is 0.0262. The Kier molecular flexibility index (Phi) is 53.3. The van der Waals surface area contributed by atoms with Gasteiger partial charge in [0.2, 0.25) is 0 Å². The lowest BCUT2D eigenvalue weighted by atomic mass is 10.0. The van der Waals surface area contributed by atoms with Crippen molar-refractivity contribution < 1.29 is 28.6 Å². The molecule has 0 aliphatic carbocycles. The van der Waals surface area contributed by atoms with E-state index in [1.165, 1.54) is 148 Å². The van der Waals surface area contributed by atoms with E-state index in [-0.39, 0.29) is 31.1 Å². The van der Waals surface area contributed by atoms with Crippen LogP contribution in [0, 0.1) is 0 Å². The molecule has 0 bridgehead atoms. The Morgan fingerprint density at radius 1 is 0.313 bits per heavy atom. The highest BCUT2D eigenvalue weighted by molar-refractivity contribution is 5.71. The van der Waals surface area contributed by atoms with Gasteiger partial charge in [0.15, 0.2) is 6.10 Å². The molecule has 67 heavy (non-hydrogen) atoms. The van der Waals surface area contributed by atoms with Crippen molar-refractivity contribution in [2.75, 3.05) is 13.2 Å². The standard InChI is InChI=1S/C61H108O6/c1-4-7-10-13-16-19-22-25-27-29-30-32-33-36-39-42-45-48-51-54-60(63)66-57-58(56-65-59(62)53-50-47-44-41-38-35-24-21-18-15-12-9-6-3)67-61(64)55-52-49-46-43-40-37-34-31-28-26-23-20-17-14-11-8-5-2/h8,11,17,20-21,24,26,28,34,37,58H,4-7,9-10,12-16,18-19,22-23,25,27,29-33,35-36,38-57H2,1-3H3/b11-8-,20-17-,24-21-,28-26-,37-34-/t58-/m1/s1. The van der Waals surface area contributed by atoms with Crippen molar-refractivity contribution in [2.45, 2.75) is 297 Å². The Hall–Kier alpha value is -2.89. The van der Waals surface area contributed by atoms with E-state index in [1.807, 2.05) is 0 Å². The van der Waals surface area contributed by atoms with Crippen molar-refractivity contribution in [3.05, 3.63) is 60.8 Å². The number of ether oxygens (including phenoxy) is 3. The second-order valence-corrected chi connectivity index (χ2v) is 19.2. The summed E-state index contributed by atoms with van der Waals surface area (Å²) in [5, 5.41) is 0. The summed E-state index contributed by atoms with van der Waals surface area (Å²) in [4.78, 5) is 38.1. The zero-order chi connectivity index (χ0) is 48.6. The Labute approximate surface area is 415 Å². The molecule has 0 aliphatic heterocycles. The molecule has 0 aliphatic rings. The van der Waals surface area contributed by atoms with Gasteiger partial charge < -0.3 is 14.2 Å². The van der Waals surface area contributed by atoms with Crippen molar-refractivity contribution in [1.29, 1.82) is 0 Å². The predicted molar refractivity (Wildman–Crippen MR) is 288 cm³/mol. The molecule has 6 heteroatoms. The summed E-state index contributed by atoms with van der Waals surface area (Å²) in [5.74, 6) is -0.906. The Bertz CT molecular complexity index is 1210. The first-order valence-corrected chi connectivity index (χ1v) is 28.8. The van der Waals surface area contributed by atoms with Crippen molar-refractivity contribution in [3.63, 3.8) is 0 Å². The summed E-state index contributed by atoms with van der Waals surface area (Å²) in [6.07, 6.45) is 69.3. The molecule has 0 radical (unpaired) electrons. The molecular weight excluding hydrogens is 829 g/mol. The van der Waals surface area contributed by atoms with Crippen LogP contribution < -0.4 is 0 Å². The van der Waals surface area contributed by atoms with Gasteiger partial charge in [0.1, 0.15) is 13.2 Å². The smallest absolute Gasteiger partial charge is 0.306 e. The fraction of sp³-hybridized carbons (Fsp3) is 0.787. The monoisotopic (exact) mass is 937 g/mol. The van der Waals surface area contributed by atoms with Crippen LogP contribution in [0.1, 0.15) is 290 Å². The van der Waals surface area contributed by atoms with Crippen molar-refractivity contribution in [1.82, 2.24) is 0 Å². The molecule has 6 nitrogen and oxygen atoms in total. The summed E-state index contributed by atoms with van der Waals surface area (Å²) < 4.78 is 16.8. The van der Waals surface area contributed by atoms with Gasteiger partial charge in [0.25, 0.3) is 0 Å². The van der Waals surface area contributed by atoms with Gasteiger partial charge in [-0.2, -0.15) is 0 Å². The molecule has 0 rings (SSSR count). The molecule has 0 saturated heterocycles. The van der Waals surface area contributed by atoms with Crippen LogP contribution in [0.25, 0.3) is 0 Å². The van der Waals surface area contributed by atoms with Gasteiger partial charge in [0, 0.05) is 19.3 Å². The second-order valence-electron chi connectivity index (χ2n) is 19.2. The van der Waals surface area contributed by atoms with E-state index in [9.17, 15) is 14.4 Å². The molecule has 388 valence electrons. The summed E-state index contributed by atoms with van der Waals surface area (Å²) >= 11 is 0. The molecular formula is C61H108O6. The predicted octanol–water partition coefficient (Wildman–Crippen LogP) is 19.2. The van der Waals surface area contributed by atoms with Crippen molar-refractivity contribution in [2.24, 2.45) is 0 Å². The number of allylic oxidation sites excluding steroid dienone is 10. The number of esters is 3. The van der Waals surface area contributed by atoms with Crippen LogP contribution in [0.15, 0.2) is 60.8 Å². The Morgan fingerprint density at radius 2 is 0.582 bits per heavy atom. The van der Waals surface area contributed by atoms with E-state index in [2.05, 4.69) is 81.5 Å².